The molecule has 6 heteroatoms. The van der Waals surface area contributed by atoms with Crippen LogP contribution < -0.4 is 4.90 Å². The lowest BCUT2D eigenvalue weighted by Crippen LogP contribution is -2.47. The summed E-state index contributed by atoms with van der Waals surface area (Å²) in [6, 6.07) is 13.0. The molecule has 26 heavy (non-hydrogen) atoms. The molecule has 2 aliphatic rings. The van der Waals surface area contributed by atoms with Gasteiger partial charge in [-0.2, -0.15) is 0 Å². The Morgan fingerprint density at radius 1 is 0.923 bits per heavy atom. The number of piperazine rings is 1. The molecule has 0 bridgehead atoms. The third kappa shape index (κ3) is 2.85. The van der Waals surface area contributed by atoms with Crippen LogP contribution >= 0.6 is 11.3 Å². The molecule has 0 N–H and O–H groups in total. The second kappa shape index (κ2) is 7.05. The molecular formula is C20H21N3O2S. The maximum absolute atomic E-state index is 13.3. The first-order valence-electron chi connectivity index (χ1n) is 8.90. The highest BCUT2D eigenvalue weighted by Gasteiger charge is 2.43. The van der Waals surface area contributed by atoms with Crippen molar-refractivity contribution < 1.29 is 9.59 Å². The zero-order valence-electron chi connectivity index (χ0n) is 14.7. The molecule has 0 saturated carbocycles. The zero-order valence-corrected chi connectivity index (χ0v) is 15.5. The van der Waals surface area contributed by atoms with E-state index in [1.54, 1.807) is 12.1 Å². The number of likely N-dealkylation sites (N-methyl/N-ethyl adjacent to an activating group) is 1. The molecule has 0 unspecified atom stereocenters. The predicted molar refractivity (Wildman–Crippen MR) is 104 cm³/mol. The molecule has 0 aliphatic carbocycles. The van der Waals surface area contributed by atoms with Gasteiger partial charge in [0.25, 0.3) is 11.8 Å². The minimum Gasteiger partial charge on any atom is -0.364 e. The molecule has 1 saturated heterocycles. The number of amides is 2. The van der Waals surface area contributed by atoms with E-state index in [4.69, 9.17) is 0 Å². The number of carbonyl (C=O) groups is 2. The molecule has 0 radical (unpaired) electrons. The SMILES string of the molecule is CCN1CCN(C2=C(c3cccs3)C(=O)N(c3ccccc3)C2=O)CC1. The molecule has 1 fully saturated rings. The Bertz CT molecular complexity index is 837. The summed E-state index contributed by atoms with van der Waals surface area (Å²) in [6.45, 7) is 6.50. The van der Waals surface area contributed by atoms with E-state index < -0.39 is 0 Å². The van der Waals surface area contributed by atoms with Gasteiger partial charge in [0.1, 0.15) is 5.70 Å². The van der Waals surface area contributed by atoms with Crippen molar-refractivity contribution in [1.82, 2.24) is 9.80 Å². The largest absolute Gasteiger partial charge is 0.364 e. The lowest BCUT2D eigenvalue weighted by molar-refractivity contribution is -0.120. The molecule has 4 rings (SSSR count). The van der Waals surface area contributed by atoms with Crippen molar-refractivity contribution in [2.24, 2.45) is 0 Å². The molecule has 3 heterocycles. The highest BCUT2D eigenvalue weighted by molar-refractivity contribution is 7.11. The van der Waals surface area contributed by atoms with Crippen LogP contribution in [0.15, 0.2) is 53.5 Å². The van der Waals surface area contributed by atoms with Gasteiger partial charge >= 0.3 is 0 Å². The van der Waals surface area contributed by atoms with E-state index in [1.807, 2.05) is 35.7 Å². The van der Waals surface area contributed by atoms with Crippen LogP contribution in [-0.2, 0) is 9.59 Å². The van der Waals surface area contributed by atoms with Crippen LogP contribution in [0.5, 0.6) is 0 Å². The van der Waals surface area contributed by atoms with Crippen molar-refractivity contribution in [3.8, 4) is 0 Å². The van der Waals surface area contributed by atoms with Crippen LogP contribution in [-0.4, -0.2) is 54.3 Å². The van der Waals surface area contributed by atoms with Crippen LogP contribution in [0.2, 0.25) is 0 Å². The maximum atomic E-state index is 13.3. The van der Waals surface area contributed by atoms with Crippen molar-refractivity contribution in [2.45, 2.75) is 6.92 Å². The highest BCUT2D eigenvalue weighted by Crippen LogP contribution is 2.36. The summed E-state index contributed by atoms with van der Waals surface area (Å²) < 4.78 is 0. The van der Waals surface area contributed by atoms with E-state index in [1.165, 1.54) is 16.2 Å². The first-order chi connectivity index (χ1) is 12.7. The van der Waals surface area contributed by atoms with E-state index in [0.717, 1.165) is 37.6 Å². The summed E-state index contributed by atoms with van der Waals surface area (Å²) in [5.74, 6) is -0.439. The molecule has 0 spiro atoms. The fraction of sp³-hybridized carbons (Fsp3) is 0.300. The van der Waals surface area contributed by atoms with Gasteiger partial charge in [-0.3, -0.25) is 9.59 Å². The maximum Gasteiger partial charge on any atom is 0.282 e. The Kier molecular flexibility index (Phi) is 4.61. The molecule has 1 aromatic heterocycles. The molecule has 134 valence electrons. The Labute approximate surface area is 157 Å². The highest BCUT2D eigenvalue weighted by atomic mass is 32.1. The second-order valence-electron chi connectivity index (χ2n) is 6.40. The molecular weight excluding hydrogens is 346 g/mol. The number of carbonyl (C=O) groups excluding carboxylic acids is 2. The van der Waals surface area contributed by atoms with Crippen molar-refractivity contribution in [2.75, 3.05) is 37.6 Å². The summed E-state index contributed by atoms with van der Waals surface area (Å²) in [7, 11) is 0. The average Bonchev–Trinajstić information content (AvgIpc) is 3.29. The molecule has 2 amide bonds. The monoisotopic (exact) mass is 367 g/mol. The fourth-order valence-corrected chi connectivity index (χ4v) is 4.32. The van der Waals surface area contributed by atoms with Crippen LogP contribution in [0.4, 0.5) is 5.69 Å². The molecule has 2 aliphatic heterocycles. The number of hydrogen-bond acceptors (Lipinski definition) is 5. The Morgan fingerprint density at radius 2 is 1.65 bits per heavy atom. The van der Waals surface area contributed by atoms with Gasteiger partial charge in [0.05, 0.1) is 11.3 Å². The lowest BCUT2D eigenvalue weighted by atomic mass is 10.1. The zero-order chi connectivity index (χ0) is 18.1. The normalized spacial score (nSPS) is 19.0. The number of para-hydroxylation sites is 1. The van der Waals surface area contributed by atoms with E-state index in [9.17, 15) is 9.59 Å². The van der Waals surface area contributed by atoms with Gasteiger partial charge in [-0.15, -0.1) is 11.3 Å². The van der Waals surface area contributed by atoms with Gasteiger partial charge in [-0.1, -0.05) is 31.2 Å². The van der Waals surface area contributed by atoms with Gasteiger partial charge in [-0.25, -0.2) is 4.90 Å². The van der Waals surface area contributed by atoms with Crippen molar-refractivity contribution in [3.63, 3.8) is 0 Å². The molecule has 0 atom stereocenters. The standard InChI is InChI=1S/C20H21N3O2S/c1-2-21-10-12-22(13-11-21)18-17(16-9-6-14-26-16)19(24)23(20(18)25)15-7-4-3-5-8-15/h3-9,14H,2,10-13H2,1H3. The summed E-state index contributed by atoms with van der Waals surface area (Å²) in [5.41, 5.74) is 1.72. The first kappa shape index (κ1) is 17.0. The van der Waals surface area contributed by atoms with E-state index in [-0.39, 0.29) is 11.8 Å². The fourth-order valence-electron chi connectivity index (χ4n) is 3.55. The van der Waals surface area contributed by atoms with Gasteiger partial charge in [0.2, 0.25) is 0 Å². The van der Waals surface area contributed by atoms with E-state index in [2.05, 4.69) is 16.7 Å². The molecule has 5 nitrogen and oxygen atoms in total. The van der Waals surface area contributed by atoms with Gasteiger partial charge in [0.15, 0.2) is 0 Å². The van der Waals surface area contributed by atoms with Crippen LogP contribution in [0.1, 0.15) is 11.8 Å². The quantitative estimate of drug-likeness (QED) is 0.780. The van der Waals surface area contributed by atoms with Crippen molar-refractivity contribution >= 4 is 34.4 Å². The Balaban J connectivity index is 1.74. The van der Waals surface area contributed by atoms with Gasteiger partial charge < -0.3 is 9.80 Å². The molecule has 1 aromatic carbocycles. The number of hydrogen-bond donors (Lipinski definition) is 0. The minimum atomic E-state index is -0.225. The third-order valence-electron chi connectivity index (χ3n) is 4.98. The number of nitrogens with zero attached hydrogens (tertiary/aromatic N) is 3. The second-order valence-corrected chi connectivity index (χ2v) is 7.35. The van der Waals surface area contributed by atoms with Crippen LogP contribution in [0.25, 0.3) is 5.57 Å². The minimum absolute atomic E-state index is 0.213. The number of thiophene rings is 1. The Morgan fingerprint density at radius 3 is 2.27 bits per heavy atom. The average molecular weight is 367 g/mol. The number of anilines is 1. The topological polar surface area (TPSA) is 43.9 Å². The first-order valence-corrected chi connectivity index (χ1v) is 9.78. The number of rotatable bonds is 4. The van der Waals surface area contributed by atoms with E-state index >= 15 is 0 Å². The lowest BCUT2D eigenvalue weighted by Gasteiger charge is -2.35. The van der Waals surface area contributed by atoms with Crippen molar-refractivity contribution in [1.29, 1.82) is 0 Å². The third-order valence-corrected chi connectivity index (χ3v) is 5.86. The summed E-state index contributed by atoms with van der Waals surface area (Å²) in [6.07, 6.45) is 0. The van der Waals surface area contributed by atoms with Gasteiger partial charge in [0, 0.05) is 31.1 Å². The van der Waals surface area contributed by atoms with Crippen molar-refractivity contribution in [3.05, 3.63) is 58.4 Å². The Hall–Kier alpha value is -2.44. The summed E-state index contributed by atoms with van der Waals surface area (Å²) in [5, 5.41) is 1.94. The number of imide groups is 1. The number of benzene rings is 1. The van der Waals surface area contributed by atoms with Crippen LogP contribution in [0.3, 0.4) is 0 Å². The smallest absolute Gasteiger partial charge is 0.282 e. The predicted octanol–water partition coefficient (Wildman–Crippen LogP) is 2.67. The van der Waals surface area contributed by atoms with E-state index in [0.29, 0.717) is 17.0 Å². The summed E-state index contributed by atoms with van der Waals surface area (Å²) in [4.78, 5) is 33.1. The van der Waals surface area contributed by atoms with Crippen LogP contribution in [0, 0.1) is 0 Å². The summed E-state index contributed by atoms with van der Waals surface area (Å²) >= 11 is 1.50. The molecule has 2 aromatic rings. The van der Waals surface area contributed by atoms with Gasteiger partial charge in [-0.05, 0) is 30.1 Å².